The van der Waals surface area contributed by atoms with Gasteiger partial charge >= 0.3 is 5.97 Å². The van der Waals surface area contributed by atoms with Gasteiger partial charge < -0.3 is 19.3 Å². The summed E-state index contributed by atoms with van der Waals surface area (Å²) in [5.74, 6) is 1.97. The maximum atomic E-state index is 11.6. The van der Waals surface area contributed by atoms with Crippen molar-refractivity contribution in [1.82, 2.24) is 14.5 Å². The van der Waals surface area contributed by atoms with Gasteiger partial charge in [0.1, 0.15) is 5.75 Å². The summed E-state index contributed by atoms with van der Waals surface area (Å²) >= 11 is 1.90. The van der Waals surface area contributed by atoms with E-state index in [1.807, 2.05) is 30.1 Å². The van der Waals surface area contributed by atoms with Crippen LogP contribution in [0.25, 0.3) is 10.9 Å². The largest absolute Gasteiger partial charge is 0.497 e. The number of rotatable bonds is 12. The number of methoxy groups -OCH3 is 1. The number of aromatic nitrogens is 2. The van der Waals surface area contributed by atoms with E-state index in [0.29, 0.717) is 5.92 Å². The Morgan fingerprint density at radius 1 is 1.23 bits per heavy atom. The van der Waals surface area contributed by atoms with Gasteiger partial charge in [-0.1, -0.05) is 0 Å². The molecule has 2 atom stereocenters. The maximum Gasteiger partial charge on any atom is 0.303 e. The van der Waals surface area contributed by atoms with E-state index in [4.69, 9.17) is 4.74 Å². The van der Waals surface area contributed by atoms with Gasteiger partial charge in [0.05, 0.1) is 17.7 Å². The van der Waals surface area contributed by atoms with Gasteiger partial charge in [0.25, 0.3) is 0 Å². The van der Waals surface area contributed by atoms with E-state index in [9.17, 15) is 9.90 Å². The average Bonchev–Trinajstić information content (AvgIpc) is 3.27. The number of carboxylic acid groups (broad SMARTS) is 1. The molecular weight excluding hydrogens is 458 g/mol. The number of pyridine rings is 1. The number of ether oxygens (including phenoxy) is 1. The number of hydrogen-bond donors (Lipinski definition) is 1. The van der Waals surface area contributed by atoms with Crippen LogP contribution in [0.1, 0.15) is 37.7 Å². The maximum absolute atomic E-state index is 11.6. The molecule has 0 unspecified atom stereocenters. The number of thioether (sulfide) groups is 1. The van der Waals surface area contributed by atoms with E-state index in [0.717, 1.165) is 74.1 Å². The SMILES string of the molecule is COc1ccc2nccc(CCC[C@@H]3CCN(CCCSc4cccn4C)C[C@@H]3CC(=O)O)c2c1. The van der Waals surface area contributed by atoms with E-state index in [1.54, 1.807) is 7.11 Å². The Balaban J connectivity index is 1.28. The monoisotopic (exact) mass is 495 g/mol. The Hall–Kier alpha value is -2.51. The van der Waals surface area contributed by atoms with Crippen LogP contribution >= 0.6 is 11.8 Å². The van der Waals surface area contributed by atoms with Crippen molar-refractivity contribution >= 4 is 28.6 Å². The highest BCUT2D eigenvalue weighted by molar-refractivity contribution is 7.99. The fourth-order valence-electron chi connectivity index (χ4n) is 5.34. The molecule has 1 fully saturated rings. The Morgan fingerprint density at radius 2 is 2.11 bits per heavy atom. The Morgan fingerprint density at radius 3 is 2.89 bits per heavy atom. The lowest BCUT2D eigenvalue weighted by Gasteiger charge is -2.38. The van der Waals surface area contributed by atoms with E-state index in [-0.39, 0.29) is 12.3 Å². The second-order valence-electron chi connectivity index (χ2n) is 9.61. The van der Waals surface area contributed by atoms with Crippen LogP contribution in [0.5, 0.6) is 5.75 Å². The lowest BCUT2D eigenvalue weighted by molar-refractivity contribution is -0.139. The zero-order valence-corrected chi connectivity index (χ0v) is 21.7. The highest BCUT2D eigenvalue weighted by atomic mass is 32.2. The van der Waals surface area contributed by atoms with Gasteiger partial charge in [-0.2, -0.15) is 0 Å². The minimum Gasteiger partial charge on any atom is -0.497 e. The lowest BCUT2D eigenvalue weighted by Crippen LogP contribution is -2.41. The van der Waals surface area contributed by atoms with Gasteiger partial charge in [-0.15, -0.1) is 11.8 Å². The summed E-state index contributed by atoms with van der Waals surface area (Å²) in [6, 6.07) is 12.4. The molecule has 2 aromatic heterocycles. The molecular formula is C28H37N3O3S. The molecule has 0 bridgehead atoms. The molecule has 1 N–H and O–H groups in total. The number of carbonyl (C=O) groups is 1. The summed E-state index contributed by atoms with van der Waals surface area (Å²) in [4.78, 5) is 18.6. The molecule has 1 aromatic carbocycles. The van der Waals surface area contributed by atoms with Crippen molar-refractivity contribution in [2.24, 2.45) is 18.9 Å². The third kappa shape index (κ3) is 7.01. The van der Waals surface area contributed by atoms with Gasteiger partial charge in [-0.05, 0) is 99.0 Å². The standard InChI is InChI=1S/C28H37N3O3S/c1-30-14-4-8-27(30)35-17-5-15-31-16-12-21(23(20-31)18-28(32)33)6-3-7-22-11-13-29-26-10-9-24(34-2)19-25(22)26/h4,8-11,13-14,19,21,23H,3,5-7,12,15-18,20H2,1-2H3,(H,32,33)/t21-,23+/m1/s1. The Kier molecular flexibility index (Phi) is 9.10. The number of aliphatic carboxylic acids is 1. The van der Waals surface area contributed by atoms with Crippen molar-refractivity contribution in [3.63, 3.8) is 0 Å². The van der Waals surface area contributed by atoms with Crippen molar-refractivity contribution in [3.05, 3.63) is 54.4 Å². The number of likely N-dealkylation sites (tertiary alicyclic amines) is 1. The number of nitrogens with zero attached hydrogens (tertiary/aromatic N) is 3. The Bertz CT molecular complexity index is 1120. The minimum absolute atomic E-state index is 0.232. The van der Waals surface area contributed by atoms with Crippen LogP contribution < -0.4 is 4.74 Å². The van der Waals surface area contributed by atoms with Crippen LogP contribution in [0.4, 0.5) is 0 Å². The topological polar surface area (TPSA) is 67.6 Å². The first-order valence-corrected chi connectivity index (χ1v) is 13.6. The highest BCUT2D eigenvalue weighted by Gasteiger charge is 2.30. The Labute approximate surface area is 212 Å². The molecule has 35 heavy (non-hydrogen) atoms. The number of piperidine rings is 1. The summed E-state index contributed by atoms with van der Waals surface area (Å²) in [5, 5.41) is 12.0. The van der Waals surface area contributed by atoms with Gasteiger partial charge in [0.2, 0.25) is 0 Å². The molecule has 0 saturated carbocycles. The van der Waals surface area contributed by atoms with Gasteiger partial charge in [-0.3, -0.25) is 9.78 Å². The van der Waals surface area contributed by atoms with Gasteiger partial charge in [-0.25, -0.2) is 0 Å². The molecule has 6 nitrogen and oxygen atoms in total. The molecule has 4 rings (SSSR count). The van der Waals surface area contributed by atoms with Crippen molar-refractivity contribution < 1.29 is 14.6 Å². The molecule has 0 radical (unpaired) electrons. The summed E-state index contributed by atoms with van der Waals surface area (Å²) in [5.41, 5.74) is 2.28. The molecule has 0 spiro atoms. The van der Waals surface area contributed by atoms with E-state index in [2.05, 4.69) is 52.0 Å². The minimum atomic E-state index is -0.673. The molecule has 188 valence electrons. The molecule has 3 aromatic rings. The van der Waals surface area contributed by atoms with Gasteiger partial charge in [0.15, 0.2) is 0 Å². The molecule has 0 aliphatic carbocycles. The number of fused-ring (bicyclic) bond motifs is 1. The third-order valence-corrected chi connectivity index (χ3v) is 8.45. The predicted octanol–water partition coefficient (Wildman–Crippen LogP) is 5.50. The smallest absolute Gasteiger partial charge is 0.303 e. The number of hydrogen-bond acceptors (Lipinski definition) is 5. The molecule has 3 heterocycles. The van der Waals surface area contributed by atoms with E-state index in [1.165, 1.54) is 10.6 Å². The van der Waals surface area contributed by atoms with E-state index >= 15 is 0 Å². The lowest BCUT2D eigenvalue weighted by atomic mass is 9.80. The number of carboxylic acids is 1. The van der Waals surface area contributed by atoms with Crippen molar-refractivity contribution in [2.75, 3.05) is 32.5 Å². The summed E-state index contributed by atoms with van der Waals surface area (Å²) < 4.78 is 7.56. The first-order chi connectivity index (χ1) is 17.0. The van der Waals surface area contributed by atoms with Crippen LogP contribution in [0.15, 0.2) is 53.8 Å². The summed E-state index contributed by atoms with van der Waals surface area (Å²) in [6.45, 7) is 3.03. The van der Waals surface area contributed by atoms with Crippen LogP contribution in [0, 0.1) is 11.8 Å². The molecule has 0 amide bonds. The third-order valence-electron chi connectivity index (χ3n) is 7.24. The van der Waals surface area contributed by atoms with Crippen molar-refractivity contribution in [2.45, 2.75) is 43.6 Å². The van der Waals surface area contributed by atoms with E-state index < -0.39 is 5.97 Å². The van der Waals surface area contributed by atoms with Crippen molar-refractivity contribution in [1.29, 1.82) is 0 Å². The zero-order chi connectivity index (χ0) is 24.6. The van der Waals surface area contributed by atoms with Crippen molar-refractivity contribution in [3.8, 4) is 5.75 Å². The van der Waals surface area contributed by atoms with Crippen LogP contribution in [0.2, 0.25) is 0 Å². The van der Waals surface area contributed by atoms with Crippen LogP contribution in [0.3, 0.4) is 0 Å². The van der Waals surface area contributed by atoms with Gasteiger partial charge in [0, 0.05) is 43.5 Å². The molecule has 1 aliphatic heterocycles. The van der Waals surface area contributed by atoms with Crippen LogP contribution in [-0.4, -0.2) is 58.0 Å². The molecule has 1 saturated heterocycles. The summed E-state index contributed by atoms with van der Waals surface area (Å²) in [6.07, 6.45) is 9.56. The number of benzene rings is 1. The quantitative estimate of drug-likeness (QED) is 0.264. The fourth-order valence-corrected chi connectivity index (χ4v) is 6.26. The normalized spacial score (nSPS) is 18.7. The fraction of sp³-hybridized carbons (Fsp3) is 0.500. The summed E-state index contributed by atoms with van der Waals surface area (Å²) in [7, 11) is 3.77. The first kappa shape index (κ1) is 25.6. The average molecular weight is 496 g/mol. The highest BCUT2D eigenvalue weighted by Crippen LogP contribution is 2.32. The number of aryl methyl sites for hydroxylation is 2. The predicted molar refractivity (Wildman–Crippen MR) is 142 cm³/mol. The molecule has 1 aliphatic rings. The molecule has 7 heteroatoms. The second kappa shape index (κ2) is 12.5. The second-order valence-corrected chi connectivity index (χ2v) is 10.7. The van der Waals surface area contributed by atoms with Crippen LogP contribution in [-0.2, 0) is 18.3 Å². The first-order valence-electron chi connectivity index (χ1n) is 12.6. The zero-order valence-electron chi connectivity index (χ0n) is 20.9.